The van der Waals surface area contributed by atoms with Crippen LogP contribution in [0.2, 0.25) is 0 Å². The van der Waals surface area contributed by atoms with E-state index >= 15 is 0 Å². The van der Waals surface area contributed by atoms with Crippen LogP contribution < -0.4 is 11.1 Å². The number of carbonyl (C=O) groups excluding carboxylic acids is 1. The van der Waals surface area contributed by atoms with Crippen molar-refractivity contribution in [1.82, 2.24) is 10.2 Å². The molecule has 0 aromatic heterocycles. The summed E-state index contributed by atoms with van der Waals surface area (Å²) in [6.45, 7) is 5.96. The molecule has 0 aromatic rings. The predicted octanol–water partition coefficient (Wildman–Crippen LogP) is -0.0509. The van der Waals surface area contributed by atoms with E-state index in [0.29, 0.717) is 12.1 Å². The minimum absolute atomic E-state index is 0.297. The first-order valence-corrected chi connectivity index (χ1v) is 6.18. The Balaban J connectivity index is 2.54. The second-order valence-electron chi connectivity index (χ2n) is 5.14. The number of nitrogens with one attached hydrogen (secondary N) is 1. The molecule has 0 radical (unpaired) electrons. The summed E-state index contributed by atoms with van der Waals surface area (Å²) < 4.78 is 5.35. The fourth-order valence-corrected chi connectivity index (χ4v) is 2.39. The third kappa shape index (κ3) is 3.40. The van der Waals surface area contributed by atoms with Crippen molar-refractivity contribution in [3.63, 3.8) is 0 Å². The van der Waals surface area contributed by atoms with Crippen molar-refractivity contribution >= 4 is 5.91 Å². The molecule has 0 saturated carbocycles. The number of hydrogen-bond donors (Lipinski definition) is 2. The Kier molecular flexibility index (Phi) is 4.91. The van der Waals surface area contributed by atoms with E-state index in [2.05, 4.69) is 17.1 Å². The van der Waals surface area contributed by atoms with Gasteiger partial charge in [0.2, 0.25) is 5.91 Å². The summed E-state index contributed by atoms with van der Waals surface area (Å²) in [6.07, 6.45) is 2.11. The van der Waals surface area contributed by atoms with Gasteiger partial charge in [-0.25, -0.2) is 0 Å². The summed E-state index contributed by atoms with van der Waals surface area (Å²) in [5.74, 6) is -0.297. The lowest BCUT2D eigenvalue weighted by Gasteiger charge is -2.33. The Morgan fingerprint density at radius 2 is 2.35 bits per heavy atom. The van der Waals surface area contributed by atoms with Gasteiger partial charge in [0.1, 0.15) is 0 Å². The van der Waals surface area contributed by atoms with Gasteiger partial charge >= 0.3 is 0 Å². The summed E-state index contributed by atoms with van der Waals surface area (Å²) >= 11 is 0. The van der Waals surface area contributed by atoms with Crippen LogP contribution in [0.4, 0.5) is 0 Å². The molecule has 0 aliphatic carbocycles. The zero-order chi connectivity index (χ0) is 13.1. The lowest BCUT2D eigenvalue weighted by molar-refractivity contribution is -0.124. The number of nitrogens with two attached hydrogens (primary N) is 1. The molecule has 1 aliphatic heterocycles. The van der Waals surface area contributed by atoms with Crippen molar-refractivity contribution in [3.8, 4) is 0 Å². The van der Waals surface area contributed by atoms with Gasteiger partial charge in [0, 0.05) is 26.2 Å². The molecule has 3 atom stereocenters. The SMILES string of the molecule is CNC(C)(CC(C)N1CCC(OC)C1)C(N)=O. The summed E-state index contributed by atoms with van der Waals surface area (Å²) in [5.41, 5.74) is 4.80. The van der Waals surface area contributed by atoms with Crippen LogP contribution in [-0.2, 0) is 9.53 Å². The topological polar surface area (TPSA) is 67.6 Å². The molecule has 17 heavy (non-hydrogen) atoms. The molecule has 1 aliphatic rings. The molecule has 100 valence electrons. The first-order valence-electron chi connectivity index (χ1n) is 6.18. The first-order chi connectivity index (χ1) is 7.92. The van der Waals surface area contributed by atoms with Crippen LogP contribution in [0.5, 0.6) is 0 Å². The molecule has 5 nitrogen and oxygen atoms in total. The molecule has 1 fully saturated rings. The highest BCUT2D eigenvalue weighted by Gasteiger charge is 2.34. The van der Waals surface area contributed by atoms with Gasteiger partial charge in [-0.2, -0.15) is 0 Å². The largest absolute Gasteiger partial charge is 0.380 e. The van der Waals surface area contributed by atoms with Gasteiger partial charge in [0.15, 0.2) is 0 Å². The summed E-state index contributed by atoms with van der Waals surface area (Å²) in [7, 11) is 3.53. The van der Waals surface area contributed by atoms with Crippen LogP contribution in [0.25, 0.3) is 0 Å². The first kappa shape index (κ1) is 14.4. The predicted molar refractivity (Wildman–Crippen MR) is 67.7 cm³/mol. The highest BCUT2D eigenvalue weighted by Crippen LogP contribution is 2.21. The van der Waals surface area contributed by atoms with Gasteiger partial charge in [-0.3, -0.25) is 9.69 Å². The van der Waals surface area contributed by atoms with Gasteiger partial charge in [-0.1, -0.05) is 0 Å². The molecular weight excluding hydrogens is 218 g/mol. The lowest BCUT2D eigenvalue weighted by Crippen LogP contribution is -2.54. The van der Waals surface area contributed by atoms with Crippen LogP contribution >= 0.6 is 0 Å². The Morgan fingerprint density at radius 1 is 1.71 bits per heavy atom. The molecule has 1 rings (SSSR count). The zero-order valence-corrected chi connectivity index (χ0v) is 11.3. The molecule has 1 heterocycles. The number of nitrogens with zero attached hydrogens (tertiary/aromatic N) is 1. The van der Waals surface area contributed by atoms with Gasteiger partial charge < -0.3 is 15.8 Å². The minimum atomic E-state index is -0.634. The molecule has 3 N–H and O–H groups in total. The van der Waals surface area contributed by atoms with Crippen molar-refractivity contribution < 1.29 is 9.53 Å². The van der Waals surface area contributed by atoms with Crippen molar-refractivity contribution in [2.75, 3.05) is 27.2 Å². The number of rotatable bonds is 6. The second kappa shape index (κ2) is 5.80. The number of ether oxygens (including phenoxy) is 1. The third-order valence-corrected chi connectivity index (χ3v) is 3.93. The number of likely N-dealkylation sites (N-methyl/N-ethyl adjacent to an activating group) is 1. The van der Waals surface area contributed by atoms with Crippen molar-refractivity contribution in [3.05, 3.63) is 0 Å². The monoisotopic (exact) mass is 243 g/mol. The zero-order valence-electron chi connectivity index (χ0n) is 11.3. The molecule has 1 amide bonds. The van der Waals surface area contributed by atoms with E-state index in [9.17, 15) is 4.79 Å². The smallest absolute Gasteiger partial charge is 0.237 e. The lowest BCUT2D eigenvalue weighted by atomic mass is 9.92. The number of carbonyl (C=O) groups is 1. The standard InChI is InChI=1S/C12H25N3O2/c1-9(7-12(2,14-3)11(13)16)15-6-5-10(8-15)17-4/h9-10,14H,5-8H2,1-4H3,(H2,13,16). The Hall–Kier alpha value is -0.650. The van der Waals surface area contributed by atoms with Gasteiger partial charge in [0.05, 0.1) is 11.6 Å². The molecule has 0 bridgehead atoms. The van der Waals surface area contributed by atoms with Gasteiger partial charge in [0.25, 0.3) is 0 Å². The van der Waals surface area contributed by atoms with E-state index in [1.54, 1.807) is 14.2 Å². The molecule has 3 unspecified atom stereocenters. The van der Waals surface area contributed by atoms with Crippen molar-refractivity contribution in [1.29, 1.82) is 0 Å². The number of primary amides is 1. The maximum Gasteiger partial charge on any atom is 0.237 e. The second-order valence-corrected chi connectivity index (χ2v) is 5.14. The molecular formula is C12H25N3O2. The molecule has 0 aromatic carbocycles. The van der Waals surface area contributed by atoms with E-state index in [1.807, 2.05) is 6.92 Å². The van der Waals surface area contributed by atoms with Crippen molar-refractivity contribution in [2.45, 2.75) is 44.4 Å². The van der Waals surface area contributed by atoms with Crippen molar-refractivity contribution in [2.24, 2.45) is 5.73 Å². The van der Waals surface area contributed by atoms with E-state index < -0.39 is 5.54 Å². The van der Waals surface area contributed by atoms with Gasteiger partial charge in [-0.15, -0.1) is 0 Å². The number of likely N-dealkylation sites (tertiary alicyclic amines) is 1. The highest BCUT2D eigenvalue weighted by atomic mass is 16.5. The van der Waals surface area contributed by atoms with Crippen LogP contribution in [0, 0.1) is 0 Å². The highest BCUT2D eigenvalue weighted by molar-refractivity contribution is 5.84. The normalized spacial score (nSPS) is 26.7. The van der Waals surface area contributed by atoms with Gasteiger partial charge in [-0.05, 0) is 33.7 Å². The fourth-order valence-electron chi connectivity index (χ4n) is 2.39. The van der Waals surface area contributed by atoms with E-state index in [0.717, 1.165) is 25.9 Å². The van der Waals surface area contributed by atoms with Crippen LogP contribution in [0.15, 0.2) is 0 Å². The molecule has 1 saturated heterocycles. The van der Waals surface area contributed by atoms with E-state index in [1.165, 1.54) is 0 Å². The number of amides is 1. The Bertz CT molecular complexity index is 272. The number of hydrogen-bond acceptors (Lipinski definition) is 4. The molecule has 5 heteroatoms. The minimum Gasteiger partial charge on any atom is -0.380 e. The Morgan fingerprint density at radius 3 is 2.76 bits per heavy atom. The fraction of sp³-hybridized carbons (Fsp3) is 0.917. The Labute approximate surface area is 104 Å². The maximum absolute atomic E-state index is 11.4. The van der Waals surface area contributed by atoms with E-state index in [-0.39, 0.29) is 5.91 Å². The van der Waals surface area contributed by atoms with Crippen LogP contribution in [0.1, 0.15) is 26.7 Å². The third-order valence-electron chi connectivity index (χ3n) is 3.93. The average Bonchev–Trinajstić information content (AvgIpc) is 2.77. The summed E-state index contributed by atoms with van der Waals surface area (Å²) in [4.78, 5) is 13.8. The molecule has 0 spiro atoms. The van der Waals surface area contributed by atoms with Crippen LogP contribution in [0.3, 0.4) is 0 Å². The number of methoxy groups -OCH3 is 1. The maximum atomic E-state index is 11.4. The summed E-state index contributed by atoms with van der Waals surface area (Å²) in [6, 6.07) is 0.320. The van der Waals surface area contributed by atoms with E-state index in [4.69, 9.17) is 10.5 Å². The van der Waals surface area contributed by atoms with Crippen LogP contribution in [-0.4, -0.2) is 55.7 Å². The quantitative estimate of drug-likeness (QED) is 0.686. The summed E-state index contributed by atoms with van der Waals surface area (Å²) in [5, 5.41) is 3.02. The average molecular weight is 243 g/mol.